The Kier molecular flexibility index (Phi) is 4.20. The fourth-order valence-corrected chi connectivity index (χ4v) is 4.37. The second-order valence-corrected chi connectivity index (χ2v) is 8.41. The number of fused-ring (bicyclic) bond motifs is 1. The number of nitrogens with zero attached hydrogens (tertiary/aromatic N) is 3. The molecule has 5 nitrogen and oxygen atoms in total. The number of rotatable bonds is 4. The van der Waals surface area contributed by atoms with E-state index in [-0.39, 0.29) is 17.5 Å². The van der Waals surface area contributed by atoms with Gasteiger partial charge in [-0.05, 0) is 84.7 Å². The van der Waals surface area contributed by atoms with E-state index in [1.807, 2.05) is 35.0 Å². The van der Waals surface area contributed by atoms with Crippen molar-refractivity contribution in [2.45, 2.75) is 32.7 Å². The van der Waals surface area contributed by atoms with Gasteiger partial charge in [-0.25, -0.2) is 4.39 Å². The Morgan fingerprint density at radius 3 is 2.72 bits per heavy atom. The van der Waals surface area contributed by atoms with Crippen LogP contribution in [0.25, 0.3) is 27.5 Å². The summed E-state index contributed by atoms with van der Waals surface area (Å²) in [6.45, 7) is 3.90. The summed E-state index contributed by atoms with van der Waals surface area (Å²) in [7, 11) is 0. The number of thiophene rings is 1. The van der Waals surface area contributed by atoms with Gasteiger partial charge in [0.25, 0.3) is 5.91 Å². The molecule has 0 bridgehead atoms. The number of benzene rings is 1. The number of pyridine rings is 1. The molecule has 1 saturated carbocycles. The molecule has 0 atom stereocenters. The summed E-state index contributed by atoms with van der Waals surface area (Å²) in [6.07, 6.45) is 3.84. The molecule has 1 amide bonds. The van der Waals surface area contributed by atoms with Crippen LogP contribution in [0.3, 0.4) is 0 Å². The number of carbonyl (C=O) groups is 1. The Labute approximate surface area is 171 Å². The van der Waals surface area contributed by atoms with Crippen LogP contribution >= 0.6 is 11.3 Å². The quantitative estimate of drug-likeness (QED) is 0.531. The molecule has 1 N–H and O–H groups in total. The molecule has 7 heteroatoms. The average molecular weight is 406 g/mol. The van der Waals surface area contributed by atoms with Gasteiger partial charge in [-0.15, -0.1) is 21.5 Å². The average Bonchev–Trinajstić information content (AvgIpc) is 3.25. The van der Waals surface area contributed by atoms with Crippen LogP contribution in [0, 0.1) is 19.7 Å². The van der Waals surface area contributed by atoms with Crippen molar-refractivity contribution in [3.8, 4) is 21.8 Å². The SMILES string of the molecule is Cc1cc(F)c(C(=O)NC2CC2)cc1-c1ccn2c(-c3sccc3C)nnc2c1. The van der Waals surface area contributed by atoms with E-state index >= 15 is 0 Å². The zero-order valence-electron chi connectivity index (χ0n) is 16.1. The fourth-order valence-electron chi connectivity index (χ4n) is 3.46. The molecule has 29 heavy (non-hydrogen) atoms. The maximum absolute atomic E-state index is 14.4. The van der Waals surface area contributed by atoms with Gasteiger partial charge in [-0.3, -0.25) is 9.20 Å². The van der Waals surface area contributed by atoms with E-state index < -0.39 is 5.82 Å². The van der Waals surface area contributed by atoms with E-state index in [1.165, 1.54) is 6.07 Å². The number of halogens is 1. The van der Waals surface area contributed by atoms with Crippen molar-refractivity contribution in [3.63, 3.8) is 0 Å². The second-order valence-electron chi connectivity index (χ2n) is 7.49. The molecular formula is C22H19FN4OS. The molecule has 1 fully saturated rings. The highest BCUT2D eigenvalue weighted by molar-refractivity contribution is 7.13. The Hall–Kier alpha value is -3.06. The molecular weight excluding hydrogens is 387 g/mol. The third-order valence-corrected chi connectivity index (χ3v) is 6.27. The number of amides is 1. The van der Waals surface area contributed by atoms with Crippen LogP contribution in [0.4, 0.5) is 4.39 Å². The van der Waals surface area contributed by atoms with Crippen LogP contribution in [0.5, 0.6) is 0 Å². The fraction of sp³-hybridized carbons (Fsp3) is 0.227. The number of hydrogen-bond donors (Lipinski definition) is 1. The Morgan fingerprint density at radius 1 is 1.17 bits per heavy atom. The van der Waals surface area contributed by atoms with Crippen LogP contribution in [-0.2, 0) is 0 Å². The Balaban J connectivity index is 1.57. The first-order chi connectivity index (χ1) is 14.0. The molecule has 146 valence electrons. The first-order valence-corrected chi connectivity index (χ1v) is 10.4. The number of nitrogens with one attached hydrogen (secondary N) is 1. The smallest absolute Gasteiger partial charge is 0.254 e. The summed E-state index contributed by atoms with van der Waals surface area (Å²) in [5.41, 5.74) is 4.40. The summed E-state index contributed by atoms with van der Waals surface area (Å²) in [6, 6.07) is 9.16. The molecule has 3 heterocycles. The monoisotopic (exact) mass is 406 g/mol. The Morgan fingerprint density at radius 2 is 2.00 bits per heavy atom. The van der Waals surface area contributed by atoms with Crippen LogP contribution in [0.2, 0.25) is 0 Å². The molecule has 0 radical (unpaired) electrons. The largest absolute Gasteiger partial charge is 0.349 e. The minimum atomic E-state index is -0.497. The van der Waals surface area contributed by atoms with Crippen molar-refractivity contribution in [3.05, 3.63) is 64.4 Å². The predicted molar refractivity (Wildman–Crippen MR) is 112 cm³/mol. The maximum Gasteiger partial charge on any atom is 0.254 e. The Bertz CT molecular complexity index is 1260. The number of carbonyl (C=O) groups excluding carboxylic acids is 1. The third-order valence-electron chi connectivity index (χ3n) is 5.26. The molecule has 1 aliphatic carbocycles. The number of aryl methyl sites for hydroxylation is 2. The first kappa shape index (κ1) is 18.0. The second kappa shape index (κ2) is 6.77. The highest BCUT2D eigenvalue weighted by Crippen LogP contribution is 2.31. The number of hydrogen-bond acceptors (Lipinski definition) is 4. The van der Waals surface area contributed by atoms with Crippen LogP contribution in [0.1, 0.15) is 34.3 Å². The maximum atomic E-state index is 14.4. The summed E-state index contributed by atoms with van der Waals surface area (Å²) in [5.74, 6) is -0.0481. The summed E-state index contributed by atoms with van der Waals surface area (Å²) in [4.78, 5) is 13.5. The molecule has 4 aromatic rings. The van der Waals surface area contributed by atoms with E-state index in [9.17, 15) is 9.18 Å². The molecule has 1 aromatic carbocycles. The highest BCUT2D eigenvalue weighted by atomic mass is 32.1. The molecule has 0 spiro atoms. The van der Waals surface area contributed by atoms with E-state index in [1.54, 1.807) is 17.4 Å². The van der Waals surface area contributed by atoms with Gasteiger partial charge in [0.05, 0.1) is 10.4 Å². The molecule has 5 rings (SSSR count). The normalized spacial score (nSPS) is 13.8. The zero-order valence-corrected chi connectivity index (χ0v) is 16.9. The van der Waals surface area contributed by atoms with E-state index in [0.717, 1.165) is 45.8 Å². The van der Waals surface area contributed by atoms with Crippen molar-refractivity contribution < 1.29 is 9.18 Å². The lowest BCUT2D eigenvalue weighted by atomic mass is 9.98. The van der Waals surface area contributed by atoms with Crippen molar-refractivity contribution in [1.29, 1.82) is 0 Å². The van der Waals surface area contributed by atoms with Gasteiger partial charge >= 0.3 is 0 Å². The standard InChI is InChI=1S/C22H19FN4OS/c1-12-6-8-29-20(12)21-26-25-19-10-14(5-7-27(19)21)16-11-17(18(23)9-13(16)2)22(28)24-15-3-4-15/h5-11,15H,3-4H2,1-2H3,(H,24,28). The van der Waals surface area contributed by atoms with Gasteiger partial charge in [-0.2, -0.15) is 0 Å². The third kappa shape index (κ3) is 3.21. The zero-order chi connectivity index (χ0) is 20.1. The van der Waals surface area contributed by atoms with Crippen LogP contribution in [0.15, 0.2) is 41.9 Å². The van der Waals surface area contributed by atoms with Gasteiger partial charge in [0, 0.05) is 12.2 Å². The van der Waals surface area contributed by atoms with Gasteiger partial charge in [0.15, 0.2) is 11.5 Å². The first-order valence-electron chi connectivity index (χ1n) is 9.52. The minimum Gasteiger partial charge on any atom is -0.349 e. The van der Waals surface area contributed by atoms with Crippen LogP contribution in [-0.4, -0.2) is 26.5 Å². The van der Waals surface area contributed by atoms with Crippen molar-refractivity contribution in [2.24, 2.45) is 0 Å². The van der Waals surface area contributed by atoms with Gasteiger partial charge in [-0.1, -0.05) is 0 Å². The lowest BCUT2D eigenvalue weighted by Crippen LogP contribution is -2.26. The molecule has 0 saturated heterocycles. The van der Waals surface area contributed by atoms with Crippen molar-refractivity contribution in [1.82, 2.24) is 19.9 Å². The van der Waals surface area contributed by atoms with E-state index in [4.69, 9.17) is 0 Å². The van der Waals surface area contributed by atoms with E-state index in [2.05, 4.69) is 28.5 Å². The van der Waals surface area contributed by atoms with E-state index in [0.29, 0.717) is 5.65 Å². The van der Waals surface area contributed by atoms with Crippen molar-refractivity contribution in [2.75, 3.05) is 0 Å². The highest BCUT2D eigenvalue weighted by Gasteiger charge is 2.25. The predicted octanol–water partition coefficient (Wildman–Crippen LogP) is 4.77. The van der Waals surface area contributed by atoms with Crippen LogP contribution < -0.4 is 5.32 Å². The minimum absolute atomic E-state index is 0.0775. The van der Waals surface area contributed by atoms with Gasteiger partial charge in [0.1, 0.15) is 5.82 Å². The topological polar surface area (TPSA) is 59.3 Å². The molecule has 0 aliphatic heterocycles. The lowest BCUT2D eigenvalue weighted by molar-refractivity contribution is 0.0947. The van der Waals surface area contributed by atoms with Gasteiger partial charge in [0.2, 0.25) is 0 Å². The van der Waals surface area contributed by atoms with Gasteiger partial charge < -0.3 is 5.32 Å². The summed E-state index contributed by atoms with van der Waals surface area (Å²) >= 11 is 1.63. The van der Waals surface area contributed by atoms with Crippen molar-refractivity contribution >= 4 is 22.9 Å². The summed E-state index contributed by atoms with van der Waals surface area (Å²) < 4.78 is 16.4. The lowest BCUT2D eigenvalue weighted by Gasteiger charge is -2.11. The number of aromatic nitrogens is 3. The molecule has 3 aromatic heterocycles. The summed E-state index contributed by atoms with van der Waals surface area (Å²) in [5, 5.41) is 13.6. The molecule has 1 aliphatic rings. The molecule has 0 unspecified atom stereocenters.